The summed E-state index contributed by atoms with van der Waals surface area (Å²) >= 11 is 0. The van der Waals surface area contributed by atoms with Gasteiger partial charge in [0.2, 0.25) is 5.82 Å². The zero-order valence-electron chi connectivity index (χ0n) is 13.2. The minimum atomic E-state index is -0.616. The minimum Gasteiger partial charge on any atom is -0.493 e. The number of rotatable bonds is 3. The number of aromatic nitrogens is 3. The van der Waals surface area contributed by atoms with Crippen molar-refractivity contribution in [1.29, 1.82) is 0 Å². The molecular formula is C15H18N4O4. The van der Waals surface area contributed by atoms with Crippen molar-refractivity contribution in [3.05, 3.63) is 44.1 Å². The number of methoxy groups -OCH3 is 2. The highest BCUT2D eigenvalue weighted by Crippen LogP contribution is 2.38. The van der Waals surface area contributed by atoms with E-state index in [0.717, 1.165) is 17.5 Å². The Morgan fingerprint density at radius 1 is 1.22 bits per heavy atom. The Hall–Kier alpha value is -2.77. The van der Waals surface area contributed by atoms with E-state index in [9.17, 15) is 9.59 Å². The molecule has 1 aliphatic heterocycles. The SMILES string of the molecule is COc1cc2c(cc1OC)[C@@H](C)N(c1n[nH]c(=O)[nH]c1=O)CC2. The summed E-state index contributed by atoms with van der Waals surface area (Å²) in [5.41, 5.74) is 1.08. The second-order valence-electron chi connectivity index (χ2n) is 5.36. The van der Waals surface area contributed by atoms with Crippen LogP contribution in [0.1, 0.15) is 24.1 Å². The molecule has 2 N–H and O–H groups in total. The maximum atomic E-state index is 12.0. The van der Waals surface area contributed by atoms with E-state index >= 15 is 0 Å². The first-order chi connectivity index (χ1) is 11.0. The lowest BCUT2D eigenvalue weighted by molar-refractivity contribution is 0.353. The second kappa shape index (κ2) is 5.79. The molecule has 1 atom stereocenters. The van der Waals surface area contributed by atoms with E-state index in [-0.39, 0.29) is 11.9 Å². The molecule has 1 aliphatic rings. The van der Waals surface area contributed by atoms with E-state index in [2.05, 4.69) is 15.2 Å². The molecule has 0 bridgehead atoms. The van der Waals surface area contributed by atoms with E-state index in [0.29, 0.717) is 18.0 Å². The third-order valence-corrected chi connectivity index (χ3v) is 4.15. The van der Waals surface area contributed by atoms with E-state index in [1.165, 1.54) is 0 Å². The Kier molecular flexibility index (Phi) is 3.81. The summed E-state index contributed by atoms with van der Waals surface area (Å²) in [7, 11) is 3.19. The fourth-order valence-corrected chi connectivity index (χ4v) is 2.97. The van der Waals surface area contributed by atoms with Gasteiger partial charge in [-0.15, -0.1) is 5.10 Å². The Balaban J connectivity index is 2.04. The number of H-pyrrole nitrogens is 2. The van der Waals surface area contributed by atoms with Gasteiger partial charge in [-0.1, -0.05) is 0 Å². The molecule has 0 saturated carbocycles. The summed E-state index contributed by atoms with van der Waals surface area (Å²) in [5.74, 6) is 1.53. The van der Waals surface area contributed by atoms with Gasteiger partial charge in [-0.05, 0) is 36.6 Å². The zero-order chi connectivity index (χ0) is 16.6. The van der Waals surface area contributed by atoms with Gasteiger partial charge < -0.3 is 14.4 Å². The highest BCUT2D eigenvalue weighted by molar-refractivity contribution is 5.53. The summed E-state index contributed by atoms with van der Waals surface area (Å²) in [4.78, 5) is 27.2. The van der Waals surface area contributed by atoms with Gasteiger partial charge in [0.25, 0.3) is 5.56 Å². The number of fused-ring (bicyclic) bond motifs is 1. The molecule has 8 heteroatoms. The van der Waals surface area contributed by atoms with Gasteiger partial charge in [-0.2, -0.15) is 0 Å². The van der Waals surface area contributed by atoms with Crippen molar-refractivity contribution < 1.29 is 9.47 Å². The maximum absolute atomic E-state index is 12.0. The Morgan fingerprint density at radius 2 is 1.91 bits per heavy atom. The van der Waals surface area contributed by atoms with Gasteiger partial charge in [0.1, 0.15) is 0 Å². The van der Waals surface area contributed by atoms with Crippen LogP contribution in [-0.2, 0) is 6.42 Å². The number of hydrogen-bond donors (Lipinski definition) is 2. The molecule has 3 rings (SSSR count). The number of ether oxygens (including phenoxy) is 2. The van der Waals surface area contributed by atoms with Crippen LogP contribution in [0.25, 0.3) is 0 Å². The average Bonchev–Trinajstić information content (AvgIpc) is 2.55. The quantitative estimate of drug-likeness (QED) is 0.859. The largest absolute Gasteiger partial charge is 0.493 e. The lowest BCUT2D eigenvalue weighted by Crippen LogP contribution is -2.40. The molecule has 23 heavy (non-hydrogen) atoms. The molecule has 0 radical (unpaired) electrons. The lowest BCUT2D eigenvalue weighted by Gasteiger charge is -2.35. The van der Waals surface area contributed by atoms with Gasteiger partial charge >= 0.3 is 5.69 Å². The van der Waals surface area contributed by atoms with Crippen LogP contribution in [0.5, 0.6) is 11.5 Å². The Bertz CT molecular complexity index is 842. The molecule has 2 aromatic rings. The zero-order valence-corrected chi connectivity index (χ0v) is 13.2. The van der Waals surface area contributed by atoms with E-state index in [1.807, 2.05) is 24.0 Å². The van der Waals surface area contributed by atoms with E-state index in [1.54, 1.807) is 14.2 Å². The van der Waals surface area contributed by atoms with Gasteiger partial charge in [0, 0.05) is 6.54 Å². The number of nitrogens with zero attached hydrogens (tertiary/aromatic N) is 2. The van der Waals surface area contributed by atoms with Gasteiger partial charge in [-0.3, -0.25) is 9.78 Å². The van der Waals surface area contributed by atoms with E-state index < -0.39 is 11.2 Å². The van der Waals surface area contributed by atoms with Crippen molar-refractivity contribution in [2.75, 3.05) is 25.7 Å². The van der Waals surface area contributed by atoms with E-state index in [4.69, 9.17) is 9.47 Å². The maximum Gasteiger partial charge on any atom is 0.342 e. The predicted molar refractivity (Wildman–Crippen MR) is 84.5 cm³/mol. The molecular weight excluding hydrogens is 300 g/mol. The number of anilines is 1. The first kappa shape index (κ1) is 15.1. The lowest BCUT2D eigenvalue weighted by atomic mass is 9.93. The number of hydrogen-bond acceptors (Lipinski definition) is 6. The fourth-order valence-electron chi connectivity index (χ4n) is 2.97. The molecule has 2 heterocycles. The molecule has 0 fully saturated rings. The van der Waals surface area contributed by atoms with Gasteiger partial charge in [0.05, 0.1) is 20.3 Å². The minimum absolute atomic E-state index is 0.0851. The Morgan fingerprint density at radius 3 is 2.57 bits per heavy atom. The normalized spacial score (nSPS) is 16.8. The number of aromatic amines is 2. The van der Waals surface area contributed by atoms with Crippen molar-refractivity contribution in [2.24, 2.45) is 0 Å². The van der Waals surface area contributed by atoms with Crippen LogP contribution in [0.3, 0.4) is 0 Å². The summed E-state index contributed by atoms with van der Waals surface area (Å²) in [6.45, 7) is 2.60. The topological polar surface area (TPSA) is 100 Å². The number of benzene rings is 1. The number of nitrogens with one attached hydrogen (secondary N) is 2. The molecule has 0 aliphatic carbocycles. The molecule has 122 valence electrons. The van der Waals surface area contributed by atoms with Crippen molar-refractivity contribution in [1.82, 2.24) is 15.2 Å². The summed E-state index contributed by atoms with van der Waals surface area (Å²) in [5, 5.41) is 6.17. The first-order valence-corrected chi connectivity index (χ1v) is 7.25. The van der Waals surface area contributed by atoms with Crippen LogP contribution in [0.2, 0.25) is 0 Å². The molecule has 0 saturated heterocycles. The smallest absolute Gasteiger partial charge is 0.342 e. The van der Waals surface area contributed by atoms with Crippen LogP contribution in [0.4, 0.5) is 5.82 Å². The Labute approximate surface area is 132 Å². The van der Waals surface area contributed by atoms with Crippen LogP contribution >= 0.6 is 0 Å². The van der Waals surface area contributed by atoms with Crippen molar-refractivity contribution in [2.45, 2.75) is 19.4 Å². The molecule has 1 aromatic heterocycles. The monoisotopic (exact) mass is 318 g/mol. The summed E-state index contributed by atoms with van der Waals surface area (Å²) in [6.07, 6.45) is 0.736. The predicted octanol–water partition coefficient (Wildman–Crippen LogP) is 0.599. The molecule has 1 aromatic carbocycles. The highest BCUT2D eigenvalue weighted by Gasteiger charge is 2.28. The fraction of sp³-hybridized carbons (Fsp3) is 0.400. The standard InChI is InChI=1S/C15H18N4O4/c1-8-10-7-12(23-3)11(22-2)6-9(10)4-5-19(8)13-14(20)16-15(21)18-17-13/h6-8H,4-5H2,1-3H3,(H2,16,18,20,21)/t8-/m1/s1. The van der Waals surface area contributed by atoms with Crippen molar-refractivity contribution in [3.63, 3.8) is 0 Å². The molecule has 0 unspecified atom stereocenters. The first-order valence-electron chi connectivity index (χ1n) is 7.25. The molecule has 0 spiro atoms. The van der Waals surface area contributed by atoms with Crippen LogP contribution in [0, 0.1) is 0 Å². The molecule has 8 nitrogen and oxygen atoms in total. The van der Waals surface area contributed by atoms with Crippen LogP contribution in [-0.4, -0.2) is 35.9 Å². The van der Waals surface area contributed by atoms with Gasteiger partial charge in [-0.25, -0.2) is 9.89 Å². The van der Waals surface area contributed by atoms with Crippen molar-refractivity contribution >= 4 is 5.82 Å². The van der Waals surface area contributed by atoms with Crippen molar-refractivity contribution in [3.8, 4) is 11.5 Å². The third kappa shape index (κ3) is 2.56. The second-order valence-corrected chi connectivity index (χ2v) is 5.36. The molecule has 0 amide bonds. The summed E-state index contributed by atoms with van der Waals surface area (Å²) in [6, 6.07) is 3.80. The van der Waals surface area contributed by atoms with Crippen LogP contribution in [0.15, 0.2) is 21.7 Å². The highest BCUT2D eigenvalue weighted by atomic mass is 16.5. The average molecular weight is 318 g/mol. The van der Waals surface area contributed by atoms with Gasteiger partial charge in [0.15, 0.2) is 11.5 Å². The summed E-state index contributed by atoms with van der Waals surface area (Å²) < 4.78 is 10.7. The third-order valence-electron chi connectivity index (χ3n) is 4.15. The van der Waals surface area contributed by atoms with Crippen LogP contribution < -0.4 is 25.6 Å².